The van der Waals surface area contributed by atoms with E-state index in [1.54, 1.807) is 31.0 Å². The molecule has 0 radical (unpaired) electrons. The molecule has 3 aromatic rings. The molecule has 3 rings (SSSR count). The van der Waals surface area contributed by atoms with E-state index in [0.717, 1.165) is 16.8 Å². The van der Waals surface area contributed by atoms with Crippen LogP contribution in [0.25, 0.3) is 5.69 Å². The van der Waals surface area contributed by atoms with Gasteiger partial charge in [0.1, 0.15) is 17.8 Å². The number of anilines is 1. The standard InChI is InChI=1S/C18H19N5O3/c1-12-15(5-4-6-16(12)23-11-19-21-22-23)20-18(24)9-13-7-8-14(25-2)10-17(13)26-3/h4-8,10-11H,9H2,1-3H3,(H,20,24). The van der Waals surface area contributed by atoms with Crippen molar-refractivity contribution in [2.45, 2.75) is 13.3 Å². The number of nitrogens with zero attached hydrogens (tertiary/aromatic N) is 4. The van der Waals surface area contributed by atoms with Crippen LogP contribution < -0.4 is 14.8 Å². The van der Waals surface area contributed by atoms with E-state index in [0.29, 0.717) is 17.2 Å². The maximum atomic E-state index is 12.5. The van der Waals surface area contributed by atoms with Crippen molar-refractivity contribution in [3.05, 3.63) is 53.9 Å². The van der Waals surface area contributed by atoms with Crippen molar-refractivity contribution in [3.8, 4) is 17.2 Å². The van der Waals surface area contributed by atoms with Crippen LogP contribution in [0.3, 0.4) is 0 Å². The molecular formula is C18H19N5O3. The summed E-state index contributed by atoms with van der Waals surface area (Å²) in [5.41, 5.74) is 3.15. The molecule has 0 aliphatic carbocycles. The zero-order chi connectivity index (χ0) is 18.5. The SMILES string of the molecule is COc1ccc(CC(=O)Nc2cccc(-n3cnnn3)c2C)c(OC)c1. The first kappa shape index (κ1) is 17.4. The van der Waals surface area contributed by atoms with Crippen LogP contribution in [0.2, 0.25) is 0 Å². The summed E-state index contributed by atoms with van der Waals surface area (Å²) in [6.45, 7) is 1.90. The summed E-state index contributed by atoms with van der Waals surface area (Å²) in [5.74, 6) is 1.14. The van der Waals surface area contributed by atoms with E-state index in [1.165, 1.54) is 6.33 Å². The van der Waals surface area contributed by atoms with Crippen molar-refractivity contribution in [2.24, 2.45) is 0 Å². The average molecular weight is 353 g/mol. The molecule has 0 unspecified atom stereocenters. The smallest absolute Gasteiger partial charge is 0.228 e. The molecule has 0 saturated heterocycles. The van der Waals surface area contributed by atoms with E-state index in [9.17, 15) is 4.79 Å². The molecule has 1 N–H and O–H groups in total. The maximum absolute atomic E-state index is 12.5. The van der Waals surface area contributed by atoms with Gasteiger partial charge in [-0.05, 0) is 41.1 Å². The number of benzene rings is 2. The molecule has 1 amide bonds. The number of hydrogen-bond donors (Lipinski definition) is 1. The molecule has 0 aliphatic heterocycles. The molecule has 0 bridgehead atoms. The van der Waals surface area contributed by atoms with Crippen molar-refractivity contribution in [1.29, 1.82) is 0 Å². The van der Waals surface area contributed by atoms with E-state index in [4.69, 9.17) is 9.47 Å². The number of rotatable bonds is 6. The highest BCUT2D eigenvalue weighted by molar-refractivity contribution is 5.93. The molecule has 1 heterocycles. The van der Waals surface area contributed by atoms with Crippen LogP contribution in [0.15, 0.2) is 42.7 Å². The van der Waals surface area contributed by atoms with Crippen LogP contribution in [0.4, 0.5) is 5.69 Å². The number of ether oxygens (including phenoxy) is 2. The fourth-order valence-electron chi connectivity index (χ4n) is 2.64. The highest BCUT2D eigenvalue weighted by Crippen LogP contribution is 2.26. The Labute approximate surface area is 150 Å². The second kappa shape index (κ2) is 7.64. The molecule has 8 nitrogen and oxygen atoms in total. The number of carbonyl (C=O) groups is 1. The van der Waals surface area contributed by atoms with Gasteiger partial charge in [-0.15, -0.1) is 5.10 Å². The van der Waals surface area contributed by atoms with Gasteiger partial charge in [-0.2, -0.15) is 0 Å². The van der Waals surface area contributed by atoms with Gasteiger partial charge in [0, 0.05) is 17.3 Å². The van der Waals surface area contributed by atoms with E-state index < -0.39 is 0 Å². The topological polar surface area (TPSA) is 91.2 Å². The van der Waals surface area contributed by atoms with Gasteiger partial charge < -0.3 is 14.8 Å². The number of amides is 1. The van der Waals surface area contributed by atoms with Crippen molar-refractivity contribution in [2.75, 3.05) is 19.5 Å². The van der Waals surface area contributed by atoms with E-state index in [1.807, 2.05) is 31.2 Å². The van der Waals surface area contributed by atoms with Crippen molar-refractivity contribution in [1.82, 2.24) is 20.2 Å². The van der Waals surface area contributed by atoms with Gasteiger partial charge in [0.15, 0.2) is 0 Å². The van der Waals surface area contributed by atoms with Gasteiger partial charge in [0.05, 0.1) is 26.3 Å². The number of hydrogen-bond acceptors (Lipinski definition) is 6. The molecule has 134 valence electrons. The third-order valence-corrected chi connectivity index (χ3v) is 4.02. The van der Waals surface area contributed by atoms with Gasteiger partial charge in [0.2, 0.25) is 5.91 Å². The lowest BCUT2D eigenvalue weighted by Gasteiger charge is -2.13. The van der Waals surface area contributed by atoms with Crippen LogP contribution in [0, 0.1) is 6.92 Å². The zero-order valence-electron chi connectivity index (χ0n) is 14.8. The summed E-state index contributed by atoms with van der Waals surface area (Å²) in [6, 6.07) is 10.9. The van der Waals surface area contributed by atoms with E-state index in [-0.39, 0.29) is 12.3 Å². The molecule has 0 fully saturated rings. The van der Waals surface area contributed by atoms with Crippen molar-refractivity contribution >= 4 is 11.6 Å². The zero-order valence-corrected chi connectivity index (χ0v) is 14.8. The molecule has 2 aromatic carbocycles. The minimum Gasteiger partial charge on any atom is -0.497 e. The molecule has 1 aromatic heterocycles. The Hall–Kier alpha value is -3.42. The van der Waals surface area contributed by atoms with Gasteiger partial charge in [-0.3, -0.25) is 4.79 Å². The molecule has 0 aliphatic rings. The Kier molecular flexibility index (Phi) is 5.12. The Balaban J connectivity index is 1.78. The predicted molar refractivity (Wildman–Crippen MR) is 95.8 cm³/mol. The van der Waals surface area contributed by atoms with E-state index in [2.05, 4.69) is 20.8 Å². The molecule has 26 heavy (non-hydrogen) atoms. The number of tetrazole rings is 1. The van der Waals surface area contributed by atoms with Gasteiger partial charge in [-0.25, -0.2) is 4.68 Å². The average Bonchev–Trinajstić information content (AvgIpc) is 3.18. The largest absolute Gasteiger partial charge is 0.497 e. The van der Waals surface area contributed by atoms with Crippen LogP contribution in [0.1, 0.15) is 11.1 Å². The lowest BCUT2D eigenvalue weighted by atomic mass is 10.1. The van der Waals surface area contributed by atoms with Crippen LogP contribution in [0.5, 0.6) is 11.5 Å². The number of aromatic nitrogens is 4. The highest BCUT2D eigenvalue weighted by Gasteiger charge is 2.13. The second-order valence-corrected chi connectivity index (χ2v) is 5.61. The third-order valence-electron chi connectivity index (χ3n) is 4.02. The summed E-state index contributed by atoms with van der Waals surface area (Å²) in [4.78, 5) is 12.5. The summed E-state index contributed by atoms with van der Waals surface area (Å²) in [7, 11) is 3.15. The molecule has 0 saturated carbocycles. The predicted octanol–water partition coefficient (Wildman–Crippen LogP) is 2.17. The number of nitrogens with one attached hydrogen (secondary N) is 1. The Morgan fingerprint density at radius 1 is 1.19 bits per heavy atom. The second-order valence-electron chi connectivity index (χ2n) is 5.61. The van der Waals surface area contributed by atoms with E-state index >= 15 is 0 Å². The summed E-state index contributed by atoms with van der Waals surface area (Å²) in [5, 5.41) is 14.1. The third kappa shape index (κ3) is 3.64. The minimum atomic E-state index is -0.148. The summed E-state index contributed by atoms with van der Waals surface area (Å²) < 4.78 is 12.1. The first-order chi connectivity index (χ1) is 12.6. The van der Waals surface area contributed by atoms with Gasteiger partial charge >= 0.3 is 0 Å². The minimum absolute atomic E-state index is 0.148. The van der Waals surface area contributed by atoms with Crippen LogP contribution in [-0.2, 0) is 11.2 Å². The fourth-order valence-corrected chi connectivity index (χ4v) is 2.64. The van der Waals surface area contributed by atoms with Crippen molar-refractivity contribution in [3.63, 3.8) is 0 Å². The quantitative estimate of drug-likeness (QED) is 0.730. The Morgan fingerprint density at radius 3 is 2.73 bits per heavy atom. The molecule has 8 heteroatoms. The Bertz CT molecular complexity index is 909. The normalized spacial score (nSPS) is 10.4. The highest BCUT2D eigenvalue weighted by atomic mass is 16.5. The number of carbonyl (C=O) groups excluding carboxylic acids is 1. The van der Waals surface area contributed by atoms with Gasteiger partial charge in [-0.1, -0.05) is 12.1 Å². The summed E-state index contributed by atoms with van der Waals surface area (Å²) >= 11 is 0. The number of methoxy groups -OCH3 is 2. The fraction of sp³-hybridized carbons (Fsp3) is 0.222. The molecular weight excluding hydrogens is 334 g/mol. The van der Waals surface area contributed by atoms with Gasteiger partial charge in [0.25, 0.3) is 0 Å². The molecule has 0 atom stereocenters. The first-order valence-electron chi connectivity index (χ1n) is 7.96. The molecule has 0 spiro atoms. The van der Waals surface area contributed by atoms with Crippen molar-refractivity contribution < 1.29 is 14.3 Å². The lowest BCUT2D eigenvalue weighted by Crippen LogP contribution is -2.16. The summed E-state index contributed by atoms with van der Waals surface area (Å²) in [6.07, 6.45) is 1.69. The monoisotopic (exact) mass is 353 g/mol. The van der Waals surface area contributed by atoms with Crippen LogP contribution >= 0.6 is 0 Å². The Morgan fingerprint density at radius 2 is 2.04 bits per heavy atom. The lowest BCUT2D eigenvalue weighted by molar-refractivity contribution is -0.115. The first-order valence-corrected chi connectivity index (χ1v) is 7.96. The maximum Gasteiger partial charge on any atom is 0.228 e. The van der Waals surface area contributed by atoms with Crippen LogP contribution in [-0.4, -0.2) is 40.3 Å².